The number of aliphatic hydroxyl groups excluding tert-OH is 1. The van der Waals surface area contributed by atoms with Crippen LogP contribution in [0.3, 0.4) is 0 Å². The van der Waals surface area contributed by atoms with Crippen LogP contribution >= 0.6 is 12.6 Å². The normalized spacial score (nSPS) is 39.0. The van der Waals surface area contributed by atoms with Gasteiger partial charge >= 0.3 is 0 Å². The van der Waals surface area contributed by atoms with Gasteiger partial charge in [0.15, 0.2) is 0 Å². The van der Waals surface area contributed by atoms with E-state index in [1.807, 2.05) is 0 Å². The maximum atomic E-state index is 10.5. The summed E-state index contributed by atoms with van der Waals surface area (Å²) in [4.78, 5) is 14.2. The van der Waals surface area contributed by atoms with Crippen LogP contribution in [0.15, 0.2) is 0 Å². The van der Waals surface area contributed by atoms with Crippen LogP contribution < -0.4 is 0 Å². The lowest BCUT2D eigenvalue weighted by Crippen LogP contribution is -2.51. The van der Waals surface area contributed by atoms with Crippen molar-refractivity contribution in [3.05, 3.63) is 10.1 Å². The Morgan fingerprint density at radius 2 is 2.32 bits per heavy atom. The van der Waals surface area contributed by atoms with Crippen molar-refractivity contribution in [1.82, 2.24) is 0 Å². The van der Waals surface area contributed by atoms with E-state index in [2.05, 4.69) is 17.5 Å². The number of hydrogen-bond donors (Lipinski definition) is 3. The number of rotatable bonds is 6. The van der Waals surface area contributed by atoms with Crippen molar-refractivity contribution in [2.75, 3.05) is 19.8 Å². The van der Waals surface area contributed by atoms with Crippen molar-refractivity contribution in [2.45, 2.75) is 42.0 Å². The van der Waals surface area contributed by atoms with Gasteiger partial charge in [0.25, 0.3) is 5.09 Å². The van der Waals surface area contributed by atoms with Gasteiger partial charge in [0.05, 0.1) is 19.8 Å². The summed E-state index contributed by atoms with van der Waals surface area (Å²) in [6.07, 6.45) is -1.08. The average molecular weight is 295 g/mol. The maximum absolute atomic E-state index is 10.5. The van der Waals surface area contributed by atoms with Crippen LogP contribution in [0.2, 0.25) is 0 Å². The highest BCUT2D eigenvalue weighted by Crippen LogP contribution is 2.39. The monoisotopic (exact) mass is 295 g/mol. The molecule has 0 amide bonds. The Morgan fingerprint density at radius 1 is 1.58 bits per heavy atom. The third kappa shape index (κ3) is 2.95. The predicted octanol–water partition coefficient (Wildman–Crippen LogP) is -0.837. The van der Waals surface area contributed by atoms with E-state index in [0.29, 0.717) is 12.8 Å². The molecule has 2 N–H and O–H groups in total. The fourth-order valence-corrected chi connectivity index (χ4v) is 2.89. The first-order chi connectivity index (χ1) is 8.95. The summed E-state index contributed by atoms with van der Waals surface area (Å²) in [7, 11) is 0. The van der Waals surface area contributed by atoms with E-state index in [0.717, 1.165) is 0 Å². The van der Waals surface area contributed by atoms with Gasteiger partial charge in [-0.25, -0.2) is 0 Å². The summed E-state index contributed by atoms with van der Waals surface area (Å²) < 4.78 is 10.7. The highest BCUT2D eigenvalue weighted by Gasteiger charge is 2.58. The topological polar surface area (TPSA) is 111 Å². The number of ether oxygens (including phenoxy) is 2. The van der Waals surface area contributed by atoms with Gasteiger partial charge < -0.3 is 24.5 Å². The van der Waals surface area contributed by atoms with Crippen LogP contribution in [0.1, 0.15) is 12.8 Å². The molecule has 9 heteroatoms. The van der Waals surface area contributed by atoms with Gasteiger partial charge in [-0.3, -0.25) is 0 Å². The summed E-state index contributed by atoms with van der Waals surface area (Å²) in [5.74, 6) is 0. The minimum Gasteiger partial charge on any atom is -0.388 e. The molecule has 2 aliphatic heterocycles. The second-order valence-corrected chi connectivity index (χ2v) is 5.43. The van der Waals surface area contributed by atoms with E-state index in [4.69, 9.17) is 9.47 Å². The van der Waals surface area contributed by atoms with Crippen molar-refractivity contribution in [3.63, 3.8) is 0 Å². The van der Waals surface area contributed by atoms with E-state index >= 15 is 0 Å². The van der Waals surface area contributed by atoms with Crippen molar-refractivity contribution in [1.29, 1.82) is 0 Å². The SMILES string of the molecule is O=[N+]([O-])OCCCC(S)[C@]1(O)CO[C@@H]2[C@@H](O)CO[C@@H]21. The molecule has 0 radical (unpaired) electrons. The van der Waals surface area contributed by atoms with Crippen molar-refractivity contribution < 1.29 is 29.6 Å². The van der Waals surface area contributed by atoms with Gasteiger partial charge in [-0.15, -0.1) is 10.1 Å². The third-order valence-electron chi connectivity index (χ3n) is 3.52. The third-order valence-corrected chi connectivity index (χ3v) is 4.22. The molecule has 0 bridgehead atoms. The largest absolute Gasteiger partial charge is 0.388 e. The van der Waals surface area contributed by atoms with Gasteiger partial charge in [0.1, 0.15) is 23.9 Å². The summed E-state index contributed by atoms with van der Waals surface area (Å²) in [5.41, 5.74) is -1.29. The van der Waals surface area contributed by atoms with E-state index in [1.54, 1.807) is 0 Å². The molecule has 0 aliphatic carbocycles. The molecule has 2 heterocycles. The molecule has 1 unspecified atom stereocenters. The molecule has 8 nitrogen and oxygen atoms in total. The summed E-state index contributed by atoms with van der Waals surface area (Å²) in [5, 5.41) is 28.8. The smallest absolute Gasteiger partial charge is 0.294 e. The molecule has 0 spiro atoms. The zero-order valence-corrected chi connectivity index (χ0v) is 11.1. The quantitative estimate of drug-likeness (QED) is 0.254. The second kappa shape index (κ2) is 5.80. The minimum absolute atomic E-state index is 0.0314. The van der Waals surface area contributed by atoms with Crippen molar-refractivity contribution in [3.8, 4) is 0 Å². The van der Waals surface area contributed by atoms with E-state index in [-0.39, 0.29) is 19.8 Å². The van der Waals surface area contributed by atoms with Crippen molar-refractivity contribution >= 4 is 12.6 Å². The lowest BCUT2D eigenvalue weighted by atomic mass is 9.90. The summed E-state index contributed by atoms with van der Waals surface area (Å²) in [6, 6.07) is 0. The fourth-order valence-electron chi connectivity index (χ4n) is 2.48. The fraction of sp³-hybridized carbons (Fsp3) is 1.00. The average Bonchev–Trinajstić information content (AvgIpc) is 2.88. The molecule has 0 aromatic carbocycles. The van der Waals surface area contributed by atoms with E-state index < -0.39 is 34.2 Å². The molecule has 2 fully saturated rings. The zero-order chi connectivity index (χ0) is 14.0. The first-order valence-corrected chi connectivity index (χ1v) is 6.56. The molecule has 0 saturated carbocycles. The molecular formula is C10H17NO7S. The van der Waals surface area contributed by atoms with Crippen LogP contribution in [-0.4, -0.2) is 64.3 Å². The molecule has 19 heavy (non-hydrogen) atoms. The van der Waals surface area contributed by atoms with E-state index in [1.165, 1.54) is 0 Å². The first kappa shape index (κ1) is 14.8. The Bertz CT molecular complexity index is 344. The van der Waals surface area contributed by atoms with Gasteiger partial charge in [-0.05, 0) is 12.8 Å². The number of thiol groups is 1. The number of nitrogens with zero attached hydrogens (tertiary/aromatic N) is 1. The van der Waals surface area contributed by atoms with Crippen LogP contribution in [-0.2, 0) is 14.3 Å². The highest BCUT2D eigenvalue weighted by molar-refractivity contribution is 7.81. The Kier molecular flexibility index (Phi) is 4.51. The molecule has 0 aromatic rings. The molecule has 2 rings (SSSR count). The molecule has 5 atom stereocenters. The number of fused-ring (bicyclic) bond motifs is 1. The Morgan fingerprint density at radius 3 is 3.00 bits per heavy atom. The predicted molar refractivity (Wildman–Crippen MR) is 65.4 cm³/mol. The van der Waals surface area contributed by atoms with Crippen LogP contribution in [0.4, 0.5) is 0 Å². The Hall–Kier alpha value is -0.610. The molecule has 110 valence electrons. The molecular weight excluding hydrogens is 278 g/mol. The number of hydrogen-bond acceptors (Lipinski definition) is 8. The van der Waals surface area contributed by atoms with Gasteiger partial charge in [-0.1, -0.05) is 0 Å². The van der Waals surface area contributed by atoms with Gasteiger partial charge in [0, 0.05) is 5.25 Å². The number of aliphatic hydroxyl groups is 2. The first-order valence-electron chi connectivity index (χ1n) is 6.04. The highest BCUT2D eigenvalue weighted by atomic mass is 32.1. The van der Waals surface area contributed by atoms with Crippen molar-refractivity contribution in [2.24, 2.45) is 0 Å². The van der Waals surface area contributed by atoms with Crippen LogP contribution in [0, 0.1) is 10.1 Å². The summed E-state index contributed by atoms with van der Waals surface area (Å²) >= 11 is 4.33. The lowest BCUT2D eigenvalue weighted by molar-refractivity contribution is -0.757. The van der Waals surface area contributed by atoms with E-state index in [9.17, 15) is 20.3 Å². The molecule has 2 aliphatic rings. The zero-order valence-electron chi connectivity index (χ0n) is 10.2. The Labute approximate surface area is 115 Å². The van der Waals surface area contributed by atoms with Crippen LogP contribution in [0.25, 0.3) is 0 Å². The maximum Gasteiger partial charge on any atom is 0.294 e. The Balaban J connectivity index is 1.84. The standard InChI is InChI=1S/C10H17NO7S/c12-6-4-16-9-8(6)17-5-10(9,13)7(19)2-1-3-18-11(14)15/h6-9,12-13,19H,1-5H2/t6-,7?,8+,9-,10+/m0/s1. The summed E-state index contributed by atoms with van der Waals surface area (Å²) in [6.45, 7) is 0.116. The second-order valence-electron chi connectivity index (χ2n) is 4.80. The minimum atomic E-state index is -1.29. The van der Waals surface area contributed by atoms with Crippen LogP contribution in [0.5, 0.6) is 0 Å². The molecule has 0 aromatic heterocycles. The molecule has 2 saturated heterocycles. The van der Waals surface area contributed by atoms with Gasteiger partial charge in [0.2, 0.25) is 0 Å². The lowest BCUT2D eigenvalue weighted by Gasteiger charge is -2.32. The van der Waals surface area contributed by atoms with Gasteiger partial charge in [-0.2, -0.15) is 12.6 Å².